The van der Waals surface area contributed by atoms with E-state index in [0.29, 0.717) is 6.54 Å². The van der Waals surface area contributed by atoms with E-state index in [1.54, 1.807) is 11.8 Å². The van der Waals surface area contributed by atoms with Crippen molar-refractivity contribution in [3.05, 3.63) is 83.3 Å². The SMILES string of the molecule is Cc1ccccc1CSc1nnc(CN(C)Cc2cn[nH]c2-c2ccccc2)n1C[C@@H]1CCCO1. The predicted molar refractivity (Wildman–Crippen MR) is 139 cm³/mol. The Balaban J connectivity index is 1.31. The molecule has 0 radical (unpaired) electrons. The maximum atomic E-state index is 5.96. The number of hydrogen-bond donors (Lipinski definition) is 1. The van der Waals surface area contributed by atoms with Gasteiger partial charge in [0.15, 0.2) is 5.16 Å². The number of hydrogen-bond acceptors (Lipinski definition) is 6. The van der Waals surface area contributed by atoms with Crippen molar-refractivity contribution in [2.45, 2.75) is 56.4 Å². The van der Waals surface area contributed by atoms with Crippen LogP contribution >= 0.6 is 11.8 Å². The van der Waals surface area contributed by atoms with Gasteiger partial charge in [-0.15, -0.1) is 10.2 Å². The number of nitrogens with one attached hydrogen (secondary N) is 1. The molecule has 1 saturated heterocycles. The molecular weight excluding hydrogens is 456 g/mol. The highest BCUT2D eigenvalue weighted by Gasteiger charge is 2.22. The first kappa shape index (κ1) is 23.8. The lowest BCUT2D eigenvalue weighted by atomic mass is 10.1. The standard InChI is InChI=1S/C27H32N6OS/c1-20-9-6-7-12-22(20)19-35-27-31-29-25(33(27)17-24-13-8-14-34-24)18-32(2)16-23-15-28-30-26(23)21-10-4-3-5-11-21/h3-7,9-12,15,24H,8,13-14,16-19H2,1-2H3,(H,28,30)/t24-/m0/s1. The van der Waals surface area contributed by atoms with E-state index in [2.05, 4.69) is 80.2 Å². The van der Waals surface area contributed by atoms with Gasteiger partial charge in [0.2, 0.25) is 0 Å². The monoisotopic (exact) mass is 488 g/mol. The summed E-state index contributed by atoms with van der Waals surface area (Å²) in [7, 11) is 2.12. The highest BCUT2D eigenvalue weighted by Crippen LogP contribution is 2.27. The van der Waals surface area contributed by atoms with Crippen molar-refractivity contribution >= 4 is 11.8 Å². The number of H-pyrrole nitrogens is 1. The molecule has 3 heterocycles. The van der Waals surface area contributed by atoms with Crippen LogP contribution in [0.25, 0.3) is 11.3 Å². The van der Waals surface area contributed by atoms with Gasteiger partial charge in [-0.3, -0.25) is 10.00 Å². The zero-order valence-corrected chi connectivity index (χ0v) is 21.2. The zero-order valence-electron chi connectivity index (χ0n) is 20.4. The van der Waals surface area contributed by atoms with Crippen LogP contribution in [-0.4, -0.2) is 49.6 Å². The molecule has 7 nitrogen and oxygen atoms in total. The van der Waals surface area contributed by atoms with E-state index in [-0.39, 0.29) is 6.10 Å². The molecule has 0 amide bonds. The fraction of sp³-hybridized carbons (Fsp3) is 0.370. The minimum absolute atomic E-state index is 0.228. The van der Waals surface area contributed by atoms with E-state index in [4.69, 9.17) is 4.74 Å². The molecule has 0 aliphatic carbocycles. The van der Waals surface area contributed by atoms with Crippen molar-refractivity contribution < 1.29 is 4.74 Å². The summed E-state index contributed by atoms with van der Waals surface area (Å²) >= 11 is 1.75. The second-order valence-electron chi connectivity index (χ2n) is 9.17. The molecule has 182 valence electrons. The molecule has 0 saturated carbocycles. The average molecular weight is 489 g/mol. The molecule has 1 atom stereocenters. The van der Waals surface area contributed by atoms with Crippen LogP contribution in [0.3, 0.4) is 0 Å². The summed E-state index contributed by atoms with van der Waals surface area (Å²) in [6.07, 6.45) is 4.35. The minimum atomic E-state index is 0.228. The van der Waals surface area contributed by atoms with E-state index >= 15 is 0 Å². The molecule has 8 heteroatoms. The third kappa shape index (κ3) is 5.83. The first-order chi connectivity index (χ1) is 17.2. The largest absolute Gasteiger partial charge is 0.376 e. The number of rotatable bonds is 10. The maximum absolute atomic E-state index is 5.96. The molecule has 5 rings (SSSR count). The summed E-state index contributed by atoms with van der Waals surface area (Å²) in [4.78, 5) is 2.27. The van der Waals surface area contributed by atoms with Gasteiger partial charge in [-0.25, -0.2) is 0 Å². The predicted octanol–water partition coefficient (Wildman–Crippen LogP) is 5.08. The highest BCUT2D eigenvalue weighted by atomic mass is 32.2. The van der Waals surface area contributed by atoms with Crippen molar-refractivity contribution in [1.82, 2.24) is 29.9 Å². The van der Waals surface area contributed by atoms with Gasteiger partial charge >= 0.3 is 0 Å². The van der Waals surface area contributed by atoms with Gasteiger partial charge in [-0.1, -0.05) is 66.4 Å². The van der Waals surface area contributed by atoms with Crippen LogP contribution in [0.5, 0.6) is 0 Å². The number of benzene rings is 2. The van der Waals surface area contributed by atoms with Crippen LogP contribution < -0.4 is 0 Å². The van der Waals surface area contributed by atoms with Gasteiger partial charge in [-0.05, 0) is 43.5 Å². The van der Waals surface area contributed by atoms with Gasteiger partial charge < -0.3 is 9.30 Å². The number of nitrogens with zero attached hydrogens (tertiary/aromatic N) is 5. The normalized spacial score (nSPS) is 15.8. The second-order valence-corrected chi connectivity index (χ2v) is 10.1. The highest BCUT2D eigenvalue weighted by molar-refractivity contribution is 7.98. The van der Waals surface area contributed by atoms with Crippen LogP contribution in [0.4, 0.5) is 0 Å². The Morgan fingerprint density at radius 1 is 1.06 bits per heavy atom. The van der Waals surface area contributed by atoms with E-state index in [1.165, 1.54) is 11.1 Å². The van der Waals surface area contributed by atoms with Crippen molar-refractivity contribution in [1.29, 1.82) is 0 Å². The Kier molecular flexibility index (Phi) is 7.61. The van der Waals surface area contributed by atoms with E-state index in [9.17, 15) is 0 Å². The first-order valence-corrected chi connectivity index (χ1v) is 13.1. The average Bonchev–Trinajstić information content (AvgIpc) is 3.63. The molecule has 4 aromatic rings. The topological polar surface area (TPSA) is 71.9 Å². The summed E-state index contributed by atoms with van der Waals surface area (Å²) in [5.74, 6) is 1.85. The Hall–Kier alpha value is -2.94. The number of aromatic nitrogens is 5. The molecule has 1 aliphatic heterocycles. The van der Waals surface area contributed by atoms with Crippen LogP contribution in [0.1, 0.15) is 35.4 Å². The maximum Gasteiger partial charge on any atom is 0.191 e. The molecular formula is C27H32N6OS. The lowest BCUT2D eigenvalue weighted by molar-refractivity contribution is 0.0934. The Morgan fingerprint density at radius 3 is 2.69 bits per heavy atom. The lowest BCUT2D eigenvalue weighted by Gasteiger charge is -2.19. The molecule has 2 aromatic heterocycles. The number of ether oxygens (including phenoxy) is 1. The molecule has 35 heavy (non-hydrogen) atoms. The van der Waals surface area contributed by atoms with Gasteiger partial charge in [0, 0.05) is 24.5 Å². The van der Waals surface area contributed by atoms with Crippen LogP contribution in [-0.2, 0) is 30.1 Å². The molecule has 0 bridgehead atoms. The molecule has 2 aromatic carbocycles. The van der Waals surface area contributed by atoms with Crippen LogP contribution in [0.15, 0.2) is 66.0 Å². The Labute approximate surface area is 210 Å². The molecule has 0 unspecified atom stereocenters. The summed E-state index contributed by atoms with van der Waals surface area (Å²) in [5.41, 5.74) is 6.01. The third-order valence-corrected chi connectivity index (χ3v) is 7.47. The van der Waals surface area contributed by atoms with E-state index < -0.39 is 0 Å². The summed E-state index contributed by atoms with van der Waals surface area (Å²) in [6.45, 7) is 5.26. The molecule has 1 aliphatic rings. The smallest absolute Gasteiger partial charge is 0.191 e. The number of aromatic amines is 1. The number of aryl methyl sites for hydroxylation is 1. The van der Waals surface area contributed by atoms with Gasteiger partial charge in [0.25, 0.3) is 0 Å². The molecule has 1 N–H and O–H groups in total. The van der Waals surface area contributed by atoms with Crippen molar-refractivity contribution in [3.8, 4) is 11.3 Å². The molecule has 0 spiro atoms. The summed E-state index contributed by atoms with van der Waals surface area (Å²) < 4.78 is 8.23. The van der Waals surface area contributed by atoms with Crippen LogP contribution in [0, 0.1) is 6.92 Å². The Morgan fingerprint density at radius 2 is 1.89 bits per heavy atom. The van der Waals surface area contributed by atoms with E-state index in [1.807, 2.05) is 24.4 Å². The minimum Gasteiger partial charge on any atom is -0.376 e. The fourth-order valence-electron chi connectivity index (χ4n) is 4.51. The van der Waals surface area contributed by atoms with Gasteiger partial charge in [0.1, 0.15) is 5.82 Å². The quantitative estimate of drug-likeness (QED) is 0.314. The van der Waals surface area contributed by atoms with Crippen molar-refractivity contribution in [3.63, 3.8) is 0 Å². The van der Waals surface area contributed by atoms with Crippen LogP contribution in [0.2, 0.25) is 0 Å². The second kappa shape index (κ2) is 11.2. The van der Waals surface area contributed by atoms with E-state index in [0.717, 1.165) is 66.1 Å². The lowest BCUT2D eigenvalue weighted by Crippen LogP contribution is -2.23. The summed E-state index contributed by atoms with van der Waals surface area (Å²) in [6, 6.07) is 18.9. The zero-order chi connectivity index (χ0) is 24.0. The van der Waals surface area contributed by atoms with Crippen molar-refractivity contribution in [2.75, 3.05) is 13.7 Å². The first-order valence-electron chi connectivity index (χ1n) is 12.1. The van der Waals surface area contributed by atoms with Gasteiger partial charge in [-0.2, -0.15) is 5.10 Å². The summed E-state index contributed by atoms with van der Waals surface area (Å²) in [5, 5.41) is 17.6. The number of thioether (sulfide) groups is 1. The fourth-order valence-corrected chi connectivity index (χ4v) is 5.55. The Bertz CT molecular complexity index is 1230. The third-order valence-electron chi connectivity index (χ3n) is 6.45. The molecule has 1 fully saturated rings. The van der Waals surface area contributed by atoms with Gasteiger partial charge in [0.05, 0.1) is 31.1 Å². The van der Waals surface area contributed by atoms with Crippen molar-refractivity contribution in [2.24, 2.45) is 0 Å².